The van der Waals surface area contributed by atoms with Crippen LogP contribution >= 0.6 is 11.3 Å². The van der Waals surface area contributed by atoms with Crippen LogP contribution < -0.4 is 26.6 Å². The molecule has 7 N–H and O–H groups in total. The Bertz CT molecular complexity index is 3090. The molecule has 2 aliphatic carbocycles. The summed E-state index contributed by atoms with van der Waals surface area (Å²) in [7, 11) is 3.17. The van der Waals surface area contributed by atoms with Crippen LogP contribution in [0.1, 0.15) is 157 Å². The van der Waals surface area contributed by atoms with Crippen LogP contribution in [-0.2, 0) is 25.6 Å². The highest BCUT2D eigenvalue weighted by molar-refractivity contribution is 7.13. The molecule has 8 rings (SSSR count). The number of aryl methyl sites for hydroxylation is 2. The first kappa shape index (κ1) is 58.6. The number of rotatable bonds is 23. The van der Waals surface area contributed by atoms with Crippen LogP contribution in [0.4, 0.5) is 4.39 Å². The molecule has 426 valence electrons. The number of aromatic hydroxyl groups is 1. The molecule has 3 aromatic carbocycles. The molecule has 21 heteroatoms. The number of hydrogen-bond donors (Lipinski definition) is 7. The van der Waals surface area contributed by atoms with E-state index in [-0.39, 0.29) is 78.8 Å². The molecular formula is C59H72FN9O10S. The normalized spacial score (nSPS) is 17.9. The molecule has 7 amide bonds. The Morgan fingerprint density at radius 1 is 0.875 bits per heavy atom. The van der Waals surface area contributed by atoms with E-state index < -0.39 is 58.9 Å². The van der Waals surface area contributed by atoms with Crippen molar-refractivity contribution in [3.05, 3.63) is 111 Å². The number of β-amino-alcohol motifs (C(OH)–C–C–N with tert-alkyl or cyclic N) is 1. The Morgan fingerprint density at radius 3 is 2.21 bits per heavy atom. The van der Waals surface area contributed by atoms with Crippen LogP contribution in [0.2, 0.25) is 0 Å². The van der Waals surface area contributed by atoms with Crippen molar-refractivity contribution in [2.24, 2.45) is 5.41 Å². The van der Waals surface area contributed by atoms with E-state index in [1.165, 1.54) is 39.3 Å². The van der Waals surface area contributed by atoms with Crippen LogP contribution in [-0.4, -0.2) is 129 Å². The van der Waals surface area contributed by atoms with Gasteiger partial charge in [0.25, 0.3) is 23.6 Å². The van der Waals surface area contributed by atoms with Gasteiger partial charge in [-0.3, -0.25) is 33.6 Å². The standard InChI is InChI=1S/C59H72FN9O10S/c1-34-50(80-33-63-34)37-16-14-36(15-17-37)44(65-54(75)46-29-40(70)32-69(46)56(77)51(58(2,3)4)66-57(78)59(60)23-24-59)31-49(72)61-25-11-9-7-8-10-12-26-62-52(73)39-18-13-35-20-22-43(42(35)27-39)64-53(74)45-30-48(79-67-45)38-19-21-41(47(71)28-38)55(76)68(5)6/h13-19,21,27-28,30,33,40,43-44,46,51,70-71H,7-12,20,22-26,29,31-32H2,1-6H3,(H,61,72)(H,62,73)(H,64,74)(H,65,75)(H,66,78)/t40-,43-,44?,46+,51?/m1/s1. The molecule has 0 spiro atoms. The highest BCUT2D eigenvalue weighted by Gasteiger charge is 2.53. The predicted molar refractivity (Wildman–Crippen MR) is 298 cm³/mol. The molecule has 3 heterocycles. The zero-order valence-corrected chi connectivity index (χ0v) is 47.0. The zero-order chi connectivity index (χ0) is 57.5. The first-order chi connectivity index (χ1) is 38.1. The van der Waals surface area contributed by atoms with Crippen molar-refractivity contribution >= 4 is 52.7 Å². The molecule has 19 nitrogen and oxygen atoms in total. The molecule has 2 unspecified atom stereocenters. The van der Waals surface area contributed by atoms with E-state index in [2.05, 4.69) is 36.7 Å². The van der Waals surface area contributed by atoms with Gasteiger partial charge in [0.1, 0.15) is 17.8 Å². The molecular weight excluding hydrogens is 1050 g/mol. The number of nitrogens with one attached hydrogen (secondary N) is 5. The van der Waals surface area contributed by atoms with Crippen molar-refractivity contribution < 1.29 is 52.7 Å². The number of aromatic nitrogens is 2. The van der Waals surface area contributed by atoms with Gasteiger partial charge in [0.15, 0.2) is 17.1 Å². The van der Waals surface area contributed by atoms with E-state index in [0.717, 1.165) is 72.2 Å². The number of carbonyl (C=O) groups is 7. The fourth-order valence-corrected chi connectivity index (χ4v) is 11.0. The fourth-order valence-electron chi connectivity index (χ4n) is 10.2. The number of alkyl halides is 1. The number of amides is 7. The second kappa shape index (κ2) is 25.3. The Labute approximate surface area is 468 Å². The average Bonchev–Trinajstić information content (AvgIpc) is 3.90. The van der Waals surface area contributed by atoms with Crippen molar-refractivity contribution in [2.45, 2.75) is 141 Å². The quantitative estimate of drug-likeness (QED) is 0.0325. The molecule has 1 aliphatic heterocycles. The number of benzene rings is 3. The van der Waals surface area contributed by atoms with E-state index in [4.69, 9.17) is 4.52 Å². The van der Waals surface area contributed by atoms with Crippen LogP contribution in [0, 0.1) is 12.3 Å². The summed E-state index contributed by atoms with van der Waals surface area (Å²) in [5, 5.41) is 39.8. The molecule has 0 radical (unpaired) electrons. The average molecular weight is 1120 g/mol. The van der Waals surface area contributed by atoms with Crippen LogP contribution in [0.15, 0.2) is 76.8 Å². The number of fused-ring (bicyclic) bond motifs is 1. The number of halogens is 1. The number of aliphatic hydroxyl groups excluding tert-OH is 1. The number of unbranched alkanes of at least 4 members (excludes halogenated alkanes) is 5. The number of aliphatic hydroxyl groups is 1. The summed E-state index contributed by atoms with van der Waals surface area (Å²) in [6, 6.07) is 15.6. The molecule has 5 aromatic rings. The summed E-state index contributed by atoms with van der Waals surface area (Å²) in [6.07, 6.45) is 5.49. The summed E-state index contributed by atoms with van der Waals surface area (Å²) in [6.45, 7) is 7.90. The number of thiazole rings is 1. The van der Waals surface area contributed by atoms with E-state index >= 15 is 0 Å². The van der Waals surface area contributed by atoms with E-state index in [1.807, 2.05) is 43.3 Å². The van der Waals surface area contributed by atoms with Crippen molar-refractivity contribution in [3.8, 4) is 27.5 Å². The van der Waals surface area contributed by atoms with Gasteiger partial charge in [0.2, 0.25) is 17.7 Å². The van der Waals surface area contributed by atoms with Gasteiger partial charge < -0.3 is 51.1 Å². The van der Waals surface area contributed by atoms with E-state index in [1.54, 1.807) is 52.5 Å². The summed E-state index contributed by atoms with van der Waals surface area (Å²) in [5.74, 6) is -3.31. The first-order valence-corrected chi connectivity index (χ1v) is 28.3. The summed E-state index contributed by atoms with van der Waals surface area (Å²) in [4.78, 5) is 101. The number of phenols is 1. The monoisotopic (exact) mass is 1120 g/mol. The van der Waals surface area contributed by atoms with Gasteiger partial charge in [-0.25, -0.2) is 9.37 Å². The Kier molecular flexibility index (Phi) is 18.5. The van der Waals surface area contributed by atoms with Gasteiger partial charge in [0, 0.05) is 57.3 Å². The number of hydrogen-bond acceptors (Lipinski definition) is 13. The van der Waals surface area contributed by atoms with Gasteiger partial charge >= 0.3 is 0 Å². The van der Waals surface area contributed by atoms with Crippen LogP contribution in [0.5, 0.6) is 5.75 Å². The minimum atomic E-state index is -2.02. The number of phenolic OH excluding ortho intramolecular Hbond substituents is 1. The lowest BCUT2D eigenvalue weighted by Gasteiger charge is -2.36. The lowest BCUT2D eigenvalue weighted by molar-refractivity contribution is -0.145. The third-order valence-corrected chi connectivity index (χ3v) is 16.0. The van der Waals surface area contributed by atoms with Gasteiger partial charge in [0.05, 0.1) is 46.3 Å². The number of nitrogens with zero attached hydrogens (tertiary/aromatic N) is 4. The number of likely N-dealkylation sites (tertiary alicyclic amines) is 1. The minimum Gasteiger partial charge on any atom is -0.507 e. The summed E-state index contributed by atoms with van der Waals surface area (Å²) in [5.41, 5.74) is 4.41. The topological polar surface area (TPSA) is 266 Å². The Balaban J connectivity index is 0.768. The van der Waals surface area contributed by atoms with Crippen molar-refractivity contribution in [1.82, 2.24) is 46.5 Å². The molecule has 1 saturated carbocycles. The SMILES string of the molecule is Cc1ncsc1-c1ccc(C(CC(=O)NCCCCCCCCNC(=O)c2ccc3c(c2)[C@H](NC(=O)c2cc(-c4ccc(C(=O)N(C)C)c(O)c4)on2)CC3)NC(=O)[C@@H]2C[C@@H](O)CN2C(=O)C(NC(=O)C2(F)CC2)C(C)(C)C)cc1. The molecule has 0 bridgehead atoms. The molecule has 3 aliphatic rings. The predicted octanol–water partition coefficient (Wildman–Crippen LogP) is 7.03. The van der Waals surface area contributed by atoms with E-state index in [9.17, 15) is 48.2 Å². The fraction of sp³-hybridized carbons (Fsp3) is 0.475. The van der Waals surface area contributed by atoms with Gasteiger partial charge in [-0.15, -0.1) is 11.3 Å². The third-order valence-electron chi connectivity index (χ3n) is 15.0. The van der Waals surface area contributed by atoms with Gasteiger partial charge in [-0.1, -0.05) is 88.0 Å². The maximum absolute atomic E-state index is 14.8. The highest BCUT2D eigenvalue weighted by Crippen LogP contribution is 2.41. The number of carbonyl (C=O) groups excluding carboxylic acids is 7. The van der Waals surface area contributed by atoms with Crippen LogP contribution in [0.3, 0.4) is 0 Å². The largest absolute Gasteiger partial charge is 0.507 e. The molecule has 2 fully saturated rings. The zero-order valence-electron chi connectivity index (χ0n) is 46.2. The maximum atomic E-state index is 14.8. The molecule has 80 heavy (non-hydrogen) atoms. The maximum Gasteiger partial charge on any atom is 0.273 e. The summed E-state index contributed by atoms with van der Waals surface area (Å²) < 4.78 is 20.2. The minimum absolute atomic E-state index is 0.0468. The Hall–Kier alpha value is -7.52. The lowest BCUT2D eigenvalue weighted by Crippen LogP contribution is -2.59. The second-order valence-corrected chi connectivity index (χ2v) is 23.4. The molecule has 2 aromatic heterocycles. The van der Waals surface area contributed by atoms with Crippen molar-refractivity contribution in [3.63, 3.8) is 0 Å². The summed E-state index contributed by atoms with van der Waals surface area (Å²) >= 11 is 1.51. The van der Waals surface area contributed by atoms with Crippen molar-refractivity contribution in [2.75, 3.05) is 33.7 Å². The lowest BCUT2D eigenvalue weighted by atomic mass is 9.85. The smallest absolute Gasteiger partial charge is 0.273 e. The van der Waals surface area contributed by atoms with E-state index in [0.29, 0.717) is 36.2 Å². The van der Waals surface area contributed by atoms with Gasteiger partial charge in [-0.2, -0.15) is 0 Å². The highest BCUT2D eigenvalue weighted by atomic mass is 32.1. The Morgan fingerprint density at radius 2 is 1.56 bits per heavy atom. The van der Waals surface area contributed by atoms with Crippen LogP contribution in [0.25, 0.3) is 21.8 Å². The van der Waals surface area contributed by atoms with Gasteiger partial charge in [-0.05, 0) is 97.4 Å². The molecule has 5 atom stereocenters. The molecule has 1 saturated heterocycles. The third kappa shape index (κ3) is 14.3. The second-order valence-electron chi connectivity index (χ2n) is 22.5. The van der Waals surface area contributed by atoms with Crippen molar-refractivity contribution in [1.29, 1.82) is 0 Å². The first-order valence-electron chi connectivity index (χ1n) is 27.4.